The van der Waals surface area contributed by atoms with Crippen LogP contribution in [0.2, 0.25) is 0 Å². The van der Waals surface area contributed by atoms with Crippen molar-refractivity contribution >= 4 is 25.5 Å². The molecular formula is C20H31N4O16P. The van der Waals surface area contributed by atoms with Crippen LogP contribution in [0.15, 0.2) is 17.1 Å². The molecule has 2 aliphatic heterocycles. The zero-order valence-electron chi connectivity index (χ0n) is 21.2. The van der Waals surface area contributed by atoms with Crippen molar-refractivity contribution in [3.63, 3.8) is 0 Å². The number of hydrogen-bond donors (Lipinski definition) is 10. The van der Waals surface area contributed by atoms with Gasteiger partial charge >= 0.3 is 19.5 Å². The van der Waals surface area contributed by atoms with Crippen molar-refractivity contribution in [2.75, 3.05) is 18.9 Å². The van der Waals surface area contributed by atoms with E-state index < -0.39 is 106 Å². The molecule has 0 saturated carbocycles. The van der Waals surface area contributed by atoms with Crippen molar-refractivity contribution in [2.24, 2.45) is 0 Å². The van der Waals surface area contributed by atoms with Crippen LogP contribution in [0.4, 0.5) is 5.82 Å². The van der Waals surface area contributed by atoms with Crippen molar-refractivity contribution in [2.45, 2.75) is 74.1 Å². The van der Waals surface area contributed by atoms with Crippen LogP contribution in [-0.4, -0.2) is 130 Å². The number of carbonyl (C=O) groups excluding carboxylic acids is 1. The van der Waals surface area contributed by atoms with Gasteiger partial charge in [0.25, 0.3) is 5.79 Å². The minimum absolute atomic E-state index is 0.135. The molecule has 11 atom stereocenters. The van der Waals surface area contributed by atoms with E-state index in [4.69, 9.17) is 24.3 Å². The van der Waals surface area contributed by atoms with Crippen molar-refractivity contribution in [1.29, 1.82) is 0 Å². The topological polar surface area (TPSA) is 323 Å². The summed E-state index contributed by atoms with van der Waals surface area (Å²) in [5.74, 6) is -6.20. The SMILES string of the molecule is CC(=O)N[C@@H]1C(O)CC(OP(=O)(O)OC[C@H]2O[C@@H](n3ccc(N)nc3=O)[C@@H](O)[C@H]2O)(C(=O)O)OC1[C@H](O)[C@H](O)CO. The molecule has 0 aromatic carbocycles. The maximum Gasteiger partial charge on any atom is 0.475 e. The zero-order chi connectivity index (χ0) is 30.9. The number of phosphoric ester groups is 1. The number of hydrogen-bond acceptors (Lipinski definition) is 16. The molecule has 3 rings (SSSR count). The summed E-state index contributed by atoms with van der Waals surface area (Å²) in [5, 5.41) is 72.7. The summed E-state index contributed by atoms with van der Waals surface area (Å²) in [6.07, 6.45) is -14.6. The van der Waals surface area contributed by atoms with Gasteiger partial charge in [0, 0.05) is 19.5 Å². The van der Waals surface area contributed by atoms with Crippen LogP contribution in [0.1, 0.15) is 19.6 Å². The van der Waals surface area contributed by atoms with Crippen LogP contribution in [0.3, 0.4) is 0 Å². The van der Waals surface area contributed by atoms with Crippen molar-refractivity contribution in [3.8, 4) is 0 Å². The normalized spacial score (nSPS) is 34.9. The highest BCUT2D eigenvalue weighted by molar-refractivity contribution is 7.47. The van der Waals surface area contributed by atoms with E-state index in [1.807, 2.05) is 0 Å². The van der Waals surface area contributed by atoms with E-state index in [9.17, 15) is 59.6 Å². The van der Waals surface area contributed by atoms with Gasteiger partial charge in [0.15, 0.2) is 6.23 Å². The van der Waals surface area contributed by atoms with Gasteiger partial charge < -0.3 is 61.2 Å². The molecule has 232 valence electrons. The minimum Gasteiger partial charge on any atom is -0.477 e. The van der Waals surface area contributed by atoms with Gasteiger partial charge in [-0.05, 0) is 6.07 Å². The Hall–Kier alpha value is -2.59. The average molecular weight is 614 g/mol. The van der Waals surface area contributed by atoms with Gasteiger partial charge in [-0.2, -0.15) is 4.98 Å². The first-order chi connectivity index (χ1) is 19.0. The number of carboxylic acids is 1. The fourth-order valence-electron chi connectivity index (χ4n) is 4.32. The predicted molar refractivity (Wildman–Crippen MR) is 128 cm³/mol. The number of phosphoric acid groups is 1. The number of nitrogens with two attached hydrogens (primary N) is 1. The van der Waals surface area contributed by atoms with Crippen molar-refractivity contribution in [3.05, 3.63) is 22.7 Å². The maximum absolute atomic E-state index is 12.8. The average Bonchev–Trinajstić information content (AvgIpc) is 3.16. The second-order valence-electron chi connectivity index (χ2n) is 9.32. The number of ether oxygens (including phenoxy) is 2. The summed E-state index contributed by atoms with van der Waals surface area (Å²) in [5.41, 5.74) is 4.46. The number of nitrogens with zero attached hydrogens (tertiary/aromatic N) is 2. The van der Waals surface area contributed by atoms with Crippen molar-refractivity contribution < 1.29 is 73.3 Å². The van der Waals surface area contributed by atoms with Gasteiger partial charge in [-0.25, -0.2) is 18.7 Å². The molecule has 0 spiro atoms. The Kier molecular flexibility index (Phi) is 10.2. The van der Waals surface area contributed by atoms with E-state index in [0.29, 0.717) is 0 Å². The number of carboxylic acid groups (broad SMARTS) is 1. The zero-order valence-corrected chi connectivity index (χ0v) is 22.1. The minimum atomic E-state index is -5.52. The van der Waals surface area contributed by atoms with Crippen LogP contribution in [0, 0.1) is 0 Å². The maximum atomic E-state index is 12.8. The molecule has 1 amide bonds. The van der Waals surface area contributed by atoms with Crippen LogP contribution >= 0.6 is 7.82 Å². The number of nitrogens with one attached hydrogen (secondary N) is 1. The Balaban J connectivity index is 1.79. The number of amides is 1. The number of aliphatic carboxylic acids is 1. The summed E-state index contributed by atoms with van der Waals surface area (Å²) >= 11 is 0. The summed E-state index contributed by atoms with van der Waals surface area (Å²) in [7, 11) is -5.52. The molecular weight excluding hydrogens is 583 g/mol. The molecule has 11 N–H and O–H groups in total. The number of nitrogen functional groups attached to an aromatic ring is 1. The number of aliphatic hydroxyl groups is 6. The number of carbonyl (C=O) groups is 2. The fourth-order valence-corrected chi connectivity index (χ4v) is 5.27. The summed E-state index contributed by atoms with van der Waals surface area (Å²) in [4.78, 5) is 49.6. The summed E-state index contributed by atoms with van der Waals surface area (Å²) < 4.78 is 33.7. The van der Waals surface area contributed by atoms with E-state index in [-0.39, 0.29) is 5.82 Å². The first-order valence-electron chi connectivity index (χ1n) is 11.9. The molecule has 20 nitrogen and oxygen atoms in total. The van der Waals surface area contributed by atoms with E-state index in [1.165, 1.54) is 6.07 Å². The van der Waals surface area contributed by atoms with Crippen LogP contribution in [-0.2, 0) is 32.7 Å². The number of aliphatic hydroxyl groups excluding tert-OH is 6. The van der Waals surface area contributed by atoms with Gasteiger partial charge in [-0.15, -0.1) is 0 Å². The molecule has 1 aromatic heterocycles. The standard InChI is InChI=1S/C20H31N4O16P/c1-7(26)22-12-8(27)4-20(18(32)33,39-16(12)13(29)9(28)5-25)40-41(35,36)37-6-10-14(30)15(31)17(38-10)24-3-2-11(21)23-19(24)34/h2-3,8-10,12-17,25,27-31H,4-6H2,1H3,(H,22,26)(H,32,33)(H,35,36)(H2,21,23,34)/t8?,9-,10-,12-,13-,14+,15+,16?,17-,20?/m1/s1. The first kappa shape index (κ1) is 32.9. The highest BCUT2D eigenvalue weighted by Crippen LogP contribution is 2.51. The molecule has 3 heterocycles. The van der Waals surface area contributed by atoms with Crippen LogP contribution in [0.5, 0.6) is 0 Å². The third kappa shape index (κ3) is 7.25. The Labute approximate surface area is 230 Å². The van der Waals surface area contributed by atoms with Gasteiger partial charge in [0.05, 0.1) is 25.4 Å². The highest BCUT2D eigenvalue weighted by Gasteiger charge is 2.59. The molecule has 21 heteroatoms. The van der Waals surface area contributed by atoms with Gasteiger partial charge in [0.2, 0.25) is 5.91 Å². The molecule has 0 aliphatic carbocycles. The second-order valence-corrected chi connectivity index (χ2v) is 10.7. The highest BCUT2D eigenvalue weighted by atomic mass is 31.2. The second kappa shape index (κ2) is 12.7. The van der Waals surface area contributed by atoms with Crippen LogP contribution < -0.4 is 16.7 Å². The monoisotopic (exact) mass is 614 g/mol. The molecule has 41 heavy (non-hydrogen) atoms. The third-order valence-corrected chi connectivity index (χ3v) is 7.32. The smallest absolute Gasteiger partial charge is 0.475 e. The Morgan fingerprint density at radius 1 is 1.32 bits per heavy atom. The van der Waals surface area contributed by atoms with E-state index in [2.05, 4.69) is 10.3 Å². The lowest BCUT2D eigenvalue weighted by Crippen LogP contribution is -2.67. The molecule has 2 saturated heterocycles. The molecule has 4 unspecified atom stereocenters. The number of aromatic nitrogens is 2. The van der Waals surface area contributed by atoms with E-state index in [0.717, 1.165) is 17.7 Å². The quantitative estimate of drug-likeness (QED) is 0.104. The molecule has 0 radical (unpaired) electrons. The molecule has 2 aliphatic rings. The molecule has 0 bridgehead atoms. The lowest BCUT2D eigenvalue weighted by molar-refractivity contribution is -0.289. The number of anilines is 1. The first-order valence-corrected chi connectivity index (χ1v) is 13.4. The summed E-state index contributed by atoms with van der Waals surface area (Å²) in [6.45, 7) is -1.05. The third-order valence-electron chi connectivity index (χ3n) is 6.31. The van der Waals surface area contributed by atoms with Crippen LogP contribution in [0.25, 0.3) is 0 Å². The molecule has 1 aromatic rings. The predicted octanol–water partition coefficient (Wildman–Crippen LogP) is -5.27. The fraction of sp³-hybridized carbons (Fsp3) is 0.700. The largest absolute Gasteiger partial charge is 0.477 e. The Morgan fingerprint density at radius 3 is 2.54 bits per heavy atom. The van der Waals surface area contributed by atoms with Gasteiger partial charge in [0.1, 0.15) is 42.4 Å². The Morgan fingerprint density at radius 2 is 1.98 bits per heavy atom. The summed E-state index contributed by atoms with van der Waals surface area (Å²) in [6, 6.07) is -0.362. The van der Waals surface area contributed by atoms with Gasteiger partial charge in [-0.3, -0.25) is 13.9 Å². The Bertz CT molecular complexity index is 1220. The van der Waals surface area contributed by atoms with Crippen molar-refractivity contribution in [1.82, 2.24) is 14.9 Å². The lowest BCUT2D eigenvalue weighted by Gasteiger charge is -2.46. The van der Waals surface area contributed by atoms with Gasteiger partial charge in [-0.1, -0.05) is 0 Å². The van der Waals surface area contributed by atoms with E-state index >= 15 is 0 Å². The van der Waals surface area contributed by atoms with E-state index in [1.54, 1.807) is 0 Å². The number of rotatable bonds is 11. The lowest BCUT2D eigenvalue weighted by atomic mass is 9.88. The molecule has 2 fully saturated rings.